The quantitative estimate of drug-likeness (QED) is 0.205. The number of carbonyl (C=O) groups excluding carboxylic acids is 2. The van der Waals surface area contributed by atoms with Crippen molar-refractivity contribution in [2.75, 3.05) is 12.9 Å². The molecule has 7 nitrogen and oxygen atoms in total. The predicted molar refractivity (Wildman–Crippen MR) is 142 cm³/mol. The molecule has 0 radical (unpaired) electrons. The third kappa shape index (κ3) is 5.83. The van der Waals surface area contributed by atoms with E-state index in [0.29, 0.717) is 39.5 Å². The summed E-state index contributed by atoms with van der Waals surface area (Å²) in [5.41, 5.74) is 2.11. The number of carbonyl (C=O) groups is 2. The first-order valence-corrected chi connectivity index (χ1v) is 12.5. The fraction of sp³-hybridized carbons (Fsp3) is 0.214. The summed E-state index contributed by atoms with van der Waals surface area (Å²) < 4.78 is 6.74. The van der Waals surface area contributed by atoms with Crippen molar-refractivity contribution in [3.63, 3.8) is 0 Å². The Morgan fingerprint density at radius 2 is 1.69 bits per heavy atom. The molecule has 0 fully saturated rings. The van der Waals surface area contributed by atoms with E-state index in [4.69, 9.17) is 9.72 Å². The van der Waals surface area contributed by atoms with Crippen molar-refractivity contribution < 1.29 is 14.3 Å². The number of hydrogen-bond donors (Lipinski definition) is 1. The summed E-state index contributed by atoms with van der Waals surface area (Å²) in [7, 11) is 1.57. The van der Waals surface area contributed by atoms with Crippen molar-refractivity contribution in [1.29, 1.82) is 0 Å². The fourth-order valence-corrected chi connectivity index (χ4v) is 4.59. The first-order valence-electron chi connectivity index (χ1n) is 11.5. The minimum Gasteiger partial charge on any atom is -0.497 e. The molecule has 0 saturated carbocycles. The van der Waals surface area contributed by atoms with E-state index in [-0.39, 0.29) is 29.0 Å². The molecule has 0 aliphatic carbocycles. The molecular formula is C28H27N3O4S. The Kier molecular flexibility index (Phi) is 7.85. The monoisotopic (exact) mass is 501 g/mol. The molecule has 3 aromatic carbocycles. The van der Waals surface area contributed by atoms with Gasteiger partial charge in [-0.2, -0.15) is 0 Å². The van der Waals surface area contributed by atoms with E-state index in [0.717, 1.165) is 5.56 Å². The first kappa shape index (κ1) is 25.2. The number of nitrogens with one attached hydrogen (secondary N) is 1. The van der Waals surface area contributed by atoms with Gasteiger partial charge in [0, 0.05) is 17.2 Å². The number of hydrogen-bond acceptors (Lipinski definition) is 6. The van der Waals surface area contributed by atoms with Gasteiger partial charge < -0.3 is 10.1 Å². The maximum Gasteiger partial charge on any atom is 0.262 e. The van der Waals surface area contributed by atoms with Crippen LogP contribution in [0.3, 0.4) is 0 Å². The Bertz CT molecular complexity index is 1450. The predicted octanol–water partition coefficient (Wildman–Crippen LogP) is 4.57. The van der Waals surface area contributed by atoms with Crippen LogP contribution in [0.1, 0.15) is 40.1 Å². The number of methoxy groups -OCH3 is 1. The molecule has 1 amide bonds. The van der Waals surface area contributed by atoms with Gasteiger partial charge in [0.15, 0.2) is 10.9 Å². The lowest BCUT2D eigenvalue weighted by molar-refractivity contribution is 0.0942. The summed E-state index contributed by atoms with van der Waals surface area (Å²) in [6.45, 7) is 4.08. The van der Waals surface area contributed by atoms with Gasteiger partial charge in [0.05, 0.1) is 30.3 Å². The van der Waals surface area contributed by atoms with Crippen LogP contribution < -0.4 is 15.6 Å². The second kappa shape index (κ2) is 11.2. The van der Waals surface area contributed by atoms with Crippen molar-refractivity contribution in [3.8, 4) is 5.75 Å². The van der Waals surface area contributed by atoms with E-state index >= 15 is 0 Å². The Morgan fingerprint density at radius 3 is 2.36 bits per heavy atom. The van der Waals surface area contributed by atoms with Crippen LogP contribution in [-0.2, 0) is 6.54 Å². The van der Waals surface area contributed by atoms with Gasteiger partial charge in [0.1, 0.15) is 5.75 Å². The normalized spacial score (nSPS) is 11.0. The molecule has 36 heavy (non-hydrogen) atoms. The molecule has 184 valence electrons. The average Bonchev–Trinajstić information content (AvgIpc) is 2.89. The molecule has 1 aromatic heterocycles. The zero-order valence-electron chi connectivity index (χ0n) is 20.4. The maximum atomic E-state index is 13.5. The Labute approximate surface area is 213 Å². The molecule has 1 N–H and O–H groups in total. The summed E-state index contributed by atoms with van der Waals surface area (Å²) in [5.74, 6) is 0.454. The lowest BCUT2D eigenvalue weighted by Gasteiger charge is -2.14. The number of ketones is 1. The van der Waals surface area contributed by atoms with Crippen molar-refractivity contribution >= 4 is 34.4 Å². The molecule has 0 atom stereocenters. The zero-order valence-corrected chi connectivity index (χ0v) is 21.2. The molecule has 0 saturated heterocycles. The highest BCUT2D eigenvalue weighted by Gasteiger charge is 2.17. The van der Waals surface area contributed by atoms with Gasteiger partial charge in [-0.1, -0.05) is 42.1 Å². The maximum absolute atomic E-state index is 13.5. The third-order valence-corrected chi connectivity index (χ3v) is 6.51. The number of rotatable bonds is 9. The average molecular weight is 502 g/mol. The van der Waals surface area contributed by atoms with Crippen LogP contribution in [0.15, 0.2) is 82.7 Å². The number of benzene rings is 3. The number of aromatic nitrogens is 2. The van der Waals surface area contributed by atoms with E-state index in [1.54, 1.807) is 54.1 Å². The number of ether oxygens (including phenoxy) is 1. The number of Topliss-reactive ketones (excluding diaryl/α,β-unsaturated/α-hetero) is 1. The first-order chi connectivity index (χ1) is 17.4. The van der Waals surface area contributed by atoms with Gasteiger partial charge in [-0.15, -0.1) is 0 Å². The molecule has 4 aromatic rings. The van der Waals surface area contributed by atoms with Crippen LogP contribution in [0.2, 0.25) is 0 Å². The lowest BCUT2D eigenvalue weighted by atomic mass is 10.1. The number of thioether (sulfide) groups is 1. The van der Waals surface area contributed by atoms with Gasteiger partial charge >= 0.3 is 0 Å². The Balaban J connectivity index is 1.70. The van der Waals surface area contributed by atoms with Crippen LogP contribution in [-0.4, -0.2) is 40.1 Å². The van der Waals surface area contributed by atoms with E-state index in [1.165, 1.54) is 11.8 Å². The van der Waals surface area contributed by atoms with Crippen molar-refractivity contribution in [2.45, 2.75) is 31.6 Å². The van der Waals surface area contributed by atoms with Gasteiger partial charge in [-0.3, -0.25) is 19.0 Å². The molecular weight excluding hydrogens is 474 g/mol. The highest BCUT2D eigenvalue weighted by Crippen LogP contribution is 2.22. The second-order valence-corrected chi connectivity index (χ2v) is 9.51. The van der Waals surface area contributed by atoms with Crippen LogP contribution >= 0.6 is 11.8 Å². The molecule has 0 aliphatic rings. The van der Waals surface area contributed by atoms with Gasteiger partial charge in [0.2, 0.25) is 0 Å². The van der Waals surface area contributed by atoms with Crippen molar-refractivity contribution in [2.24, 2.45) is 0 Å². The summed E-state index contributed by atoms with van der Waals surface area (Å²) >= 11 is 1.20. The molecule has 0 spiro atoms. The minimum atomic E-state index is -0.231. The van der Waals surface area contributed by atoms with Crippen LogP contribution in [0.4, 0.5) is 0 Å². The van der Waals surface area contributed by atoms with Gasteiger partial charge in [-0.25, -0.2) is 4.98 Å². The largest absolute Gasteiger partial charge is 0.497 e. The SMILES string of the molecule is COc1ccc(C(=O)CSc2nc3cc(C(=O)NC(C)C)ccc3c(=O)n2Cc2ccccc2)cc1. The van der Waals surface area contributed by atoms with Crippen LogP contribution in [0, 0.1) is 0 Å². The Morgan fingerprint density at radius 1 is 1.00 bits per heavy atom. The van der Waals surface area contributed by atoms with Crippen LogP contribution in [0.5, 0.6) is 5.75 Å². The van der Waals surface area contributed by atoms with Crippen molar-refractivity contribution in [3.05, 3.63) is 99.8 Å². The molecule has 8 heteroatoms. The zero-order chi connectivity index (χ0) is 25.7. The van der Waals surface area contributed by atoms with E-state index in [1.807, 2.05) is 44.2 Å². The summed E-state index contributed by atoms with van der Waals surface area (Å²) in [4.78, 5) is 43.6. The number of fused-ring (bicyclic) bond motifs is 1. The minimum absolute atomic E-state index is 0.0184. The van der Waals surface area contributed by atoms with E-state index < -0.39 is 0 Å². The number of amides is 1. The molecule has 0 unspecified atom stereocenters. The topological polar surface area (TPSA) is 90.3 Å². The second-order valence-electron chi connectivity index (χ2n) is 8.57. The van der Waals surface area contributed by atoms with E-state index in [2.05, 4.69) is 5.32 Å². The highest BCUT2D eigenvalue weighted by atomic mass is 32.2. The number of nitrogens with zero attached hydrogens (tertiary/aromatic N) is 2. The van der Waals surface area contributed by atoms with E-state index in [9.17, 15) is 14.4 Å². The Hall–Kier alpha value is -3.91. The van der Waals surface area contributed by atoms with Gasteiger partial charge in [-0.05, 0) is 61.9 Å². The van der Waals surface area contributed by atoms with Gasteiger partial charge in [0.25, 0.3) is 11.5 Å². The van der Waals surface area contributed by atoms with Crippen molar-refractivity contribution in [1.82, 2.24) is 14.9 Å². The molecule has 1 heterocycles. The summed E-state index contributed by atoms with van der Waals surface area (Å²) in [6, 6.07) is 21.4. The molecule has 4 rings (SSSR count). The molecule has 0 aliphatic heterocycles. The summed E-state index contributed by atoms with van der Waals surface area (Å²) in [6.07, 6.45) is 0. The smallest absolute Gasteiger partial charge is 0.262 e. The highest BCUT2D eigenvalue weighted by molar-refractivity contribution is 7.99. The fourth-order valence-electron chi connectivity index (χ4n) is 3.69. The van der Waals surface area contributed by atoms with Crippen LogP contribution in [0.25, 0.3) is 10.9 Å². The molecule has 0 bridgehead atoms. The lowest BCUT2D eigenvalue weighted by Crippen LogP contribution is -2.30. The standard InChI is InChI=1S/C28H27N3O4S/c1-18(2)29-26(33)21-11-14-23-24(15-21)30-28(31(27(23)34)16-19-7-5-4-6-8-19)36-17-25(32)20-9-12-22(35-3)13-10-20/h4-15,18H,16-17H2,1-3H3,(H,29,33). The third-order valence-electron chi connectivity index (χ3n) is 5.53. The summed E-state index contributed by atoms with van der Waals surface area (Å²) in [5, 5.41) is 3.69.